The third-order valence-corrected chi connectivity index (χ3v) is 3.37. The van der Waals surface area contributed by atoms with Crippen LogP contribution >= 0.6 is 15.9 Å². The largest absolute Gasteiger partial charge is 0.494 e. The highest BCUT2D eigenvalue weighted by Gasteiger charge is 2.04. The lowest BCUT2D eigenvalue weighted by Crippen LogP contribution is -2.17. The van der Waals surface area contributed by atoms with E-state index in [2.05, 4.69) is 26.5 Å². The third kappa shape index (κ3) is 5.00. The number of halogens is 1. The number of hydrogen-bond donors (Lipinski definition) is 1. The Kier molecular flexibility index (Phi) is 6.15. The molecule has 0 radical (unpaired) electrons. The average Bonchev–Trinajstić information content (AvgIpc) is 2.55. The lowest BCUT2D eigenvalue weighted by molar-refractivity contribution is 0.0955. The van der Waals surface area contributed by atoms with Crippen LogP contribution in [0.1, 0.15) is 29.3 Å². The minimum absolute atomic E-state index is 0.254. The SMILES string of the molecule is CCCOc1ccc(C(=O)N/N=C/c2ccc(Br)cc2)cc1. The van der Waals surface area contributed by atoms with Gasteiger partial charge in [0.15, 0.2) is 0 Å². The summed E-state index contributed by atoms with van der Waals surface area (Å²) < 4.78 is 6.47. The number of hydrazone groups is 1. The van der Waals surface area contributed by atoms with Gasteiger partial charge < -0.3 is 4.74 Å². The number of nitrogens with zero attached hydrogens (tertiary/aromatic N) is 1. The van der Waals surface area contributed by atoms with Gasteiger partial charge in [-0.25, -0.2) is 5.43 Å². The van der Waals surface area contributed by atoms with Crippen molar-refractivity contribution in [2.45, 2.75) is 13.3 Å². The van der Waals surface area contributed by atoms with Gasteiger partial charge in [-0.1, -0.05) is 35.0 Å². The van der Waals surface area contributed by atoms with Gasteiger partial charge in [-0.2, -0.15) is 5.10 Å². The summed E-state index contributed by atoms with van der Waals surface area (Å²) >= 11 is 3.36. The van der Waals surface area contributed by atoms with Crippen LogP contribution in [0.4, 0.5) is 0 Å². The number of carbonyl (C=O) groups is 1. The fourth-order valence-corrected chi connectivity index (χ4v) is 1.97. The molecule has 4 nitrogen and oxygen atoms in total. The van der Waals surface area contributed by atoms with Crippen LogP contribution in [0.3, 0.4) is 0 Å². The number of rotatable bonds is 6. The zero-order chi connectivity index (χ0) is 15.8. The topological polar surface area (TPSA) is 50.7 Å². The van der Waals surface area contributed by atoms with E-state index in [1.165, 1.54) is 0 Å². The molecule has 0 bridgehead atoms. The number of carbonyl (C=O) groups excluding carboxylic acids is 1. The summed E-state index contributed by atoms with van der Waals surface area (Å²) in [5.41, 5.74) is 3.95. The van der Waals surface area contributed by atoms with Crippen molar-refractivity contribution < 1.29 is 9.53 Å². The van der Waals surface area contributed by atoms with Crippen LogP contribution in [-0.2, 0) is 0 Å². The molecule has 0 unspecified atom stereocenters. The Morgan fingerprint density at radius 3 is 2.50 bits per heavy atom. The molecule has 2 rings (SSSR count). The number of ether oxygens (including phenoxy) is 1. The first-order valence-corrected chi connectivity index (χ1v) is 7.80. The van der Waals surface area contributed by atoms with Crippen molar-refractivity contribution in [3.05, 3.63) is 64.1 Å². The molecular formula is C17H17BrN2O2. The zero-order valence-corrected chi connectivity index (χ0v) is 13.8. The van der Waals surface area contributed by atoms with E-state index in [1.54, 1.807) is 30.5 Å². The first-order valence-electron chi connectivity index (χ1n) is 7.01. The van der Waals surface area contributed by atoms with Crippen molar-refractivity contribution >= 4 is 28.1 Å². The lowest BCUT2D eigenvalue weighted by Gasteiger charge is -2.05. The molecule has 0 aromatic heterocycles. The van der Waals surface area contributed by atoms with Crippen molar-refractivity contribution in [2.75, 3.05) is 6.61 Å². The molecule has 0 fully saturated rings. The normalized spacial score (nSPS) is 10.6. The molecule has 2 aromatic carbocycles. The Bertz CT molecular complexity index is 637. The first kappa shape index (κ1) is 16.2. The summed E-state index contributed by atoms with van der Waals surface area (Å²) in [6.07, 6.45) is 2.55. The maximum atomic E-state index is 11.9. The van der Waals surface area contributed by atoms with E-state index in [0.29, 0.717) is 12.2 Å². The minimum atomic E-state index is -0.254. The van der Waals surface area contributed by atoms with E-state index < -0.39 is 0 Å². The average molecular weight is 361 g/mol. The Labute approximate surface area is 138 Å². The predicted molar refractivity (Wildman–Crippen MR) is 91.4 cm³/mol. The van der Waals surface area contributed by atoms with E-state index >= 15 is 0 Å². The monoisotopic (exact) mass is 360 g/mol. The Morgan fingerprint density at radius 2 is 1.86 bits per heavy atom. The molecule has 0 saturated heterocycles. The summed E-state index contributed by atoms with van der Waals surface area (Å²) in [4.78, 5) is 11.9. The molecule has 0 atom stereocenters. The molecule has 0 aliphatic rings. The van der Waals surface area contributed by atoms with Gasteiger partial charge >= 0.3 is 0 Å². The molecule has 22 heavy (non-hydrogen) atoms. The highest BCUT2D eigenvalue weighted by atomic mass is 79.9. The highest BCUT2D eigenvalue weighted by Crippen LogP contribution is 2.12. The van der Waals surface area contributed by atoms with Gasteiger partial charge in [-0.05, 0) is 48.4 Å². The second-order valence-corrected chi connectivity index (χ2v) is 5.54. The fourth-order valence-electron chi connectivity index (χ4n) is 1.70. The summed E-state index contributed by atoms with van der Waals surface area (Å²) in [5.74, 6) is 0.507. The molecule has 2 aromatic rings. The maximum Gasteiger partial charge on any atom is 0.271 e. The second-order valence-electron chi connectivity index (χ2n) is 4.62. The van der Waals surface area contributed by atoms with Gasteiger partial charge in [0, 0.05) is 10.0 Å². The zero-order valence-electron chi connectivity index (χ0n) is 12.3. The number of amides is 1. The molecular weight excluding hydrogens is 344 g/mol. The maximum absolute atomic E-state index is 11.9. The summed E-state index contributed by atoms with van der Waals surface area (Å²) in [7, 11) is 0. The third-order valence-electron chi connectivity index (χ3n) is 2.84. The van der Waals surface area contributed by atoms with Gasteiger partial charge in [-0.15, -0.1) is 0 Å². The quantitative estimate of drug-likeness (QED) is 0.625. The fraction of sp³-hybridized carbons (Fsp3) is 0.176. The van der Waals surface area contributed by atoms with Crippen LogP contribution < -0.4 is 10.2 Å². The van der Waals surface area contributed by atoms with Crippen molar-refractivity contribution in [1.29, 1.82) is 0 Å². The smallest absolute Gasteiger partial charge is 0.271 e. The van der Waals surface area contributed by atoms with Gasteiger partial charge in [-0.3, -0.25) is 4.79 Å². The van der Waals surface area contributed by atoms with Gasteiger partial charge in [0.05, 0.1) is 12.8 Å². The van der Waals surface area contributed by atoms with Crippen LogP contribution in [0.2, 0.25) is 0 Å². The van der Waals surface area contributed by atoms with Crippen LogP contribution in [0, 0.1) is 0 Å². The minimum Gasteiger partial charge on any atom is -0.494 e. The second kappa shape index (κ2) is 8.34. The van der Waals surface area contributed by atoms with Crippen molar-refractivity contribution in [3.63, 3.8) is 0 Å². The molecule has 1 N–H and O–H groups in total. The lowest BCUT2D eigenvalue weighted by atomic mass is 10.2. The summed E-state index contributed by atoms with van der Waals surface area (Å²) in [5, 5.41) is 3.95. The number of benzene rings is 2. The Morgan fingerprint density at radius 1 is 1.18 bits per heavy atom. The van der Waals surface area contributed by atoms with Crippen molar-refractivity contribution in [2.24, 2.45) is 5.10 Å². The van der Waals surface area contributed by atoms with E-state index in [9.17, 15) is 4.79 Å². The van der Waals surface area contributed by atoms with Gasteiger partial charge in [0.1, 0.15) is 5.75 Å². The molecule has 1 amide bonds. The van der Waals surface area contributed by atoms with Crippen LogP contribution in [0.15, 0.2) is 58.1 Å². The molecule has 0 aliphatic heterocycles. The highest BCUT2D eigenvalue weighted by molar-refractivity contribution is 9.10. The van der Waals surface area contributed by atoms with Crippen LogP contribution in [-0.4, -0.2) is 18.7 Å². The standard InChI is InChI=1S/C17H17BrN2O2/c1-2-11-22-16-9-5-14(6-10-16)17(21)20-19-12-13-3-7-15(18)8-4-13/h3-10,12H,2,11H2,1H3,(H,20,21)/b19-12+. The molecule has 114 valence electrons. The number of hydrogen-bond acceptors (Lipinski definition) is 3. The predicted octanol–water partition coefficient (Wildman–Crippen LogP) is 4.00. The number of nitrogens with one attached hydrogen (secondary N) is 1. The Balaban J connectivity index is 1.90. The first-order chi connectivity index (χ1) is 10.7. The molecule has 0 aliphatic carbocycles. The summed E-state index contributed by atoms with van der Waals surface area (Å²) in [6, 6.07) is 14.6. The molecule has 0 saturated carbocycles. The molecule has 5 heteroatoms. The van der Waals surface area contributed by atoms with E-state index in [4.69, 9.17) is 4.74 Å². The van der Waals surface area contributed by atoms with E-state index in [1.807, 2.05) is 31.2 Å². The van der Waals surface area contributed by atoms with Gasteiger partial charge in [0.2, 0.25) is 0 Å². The van der Waals surface area contributed by atoms with Crippen LogP contribution in [0.5, 0.6) is 5.75 Å². The van der Waals surface area contributed by atoms with Crippen LogP contribution in [0.25, 0.3) is 0 Å². The Hall–Kier alpha value is -2.14. The van der Waals surface area contributed by atoms with Crippen molar-refractivity contribution in [1.82, 2.24) is 5.43 Å². The van der Waals surface area contributed by atoms with Crippen molar-refractivity contribution in [3.8, 4) is 5.75 Å². The molecule has 0 spiro atoms. The van der Waals surface area contributed by atoms with Gasteiger partial charge in [0.25, 0.3) is 5.91 Å². The summed E-state index contributed by atoms with van der Waals surface area (Å²) in [6.45, 7) is 2.72. The van der Waals surface area contributed by atoms with E-state index in [0.717, 1.165) is 22.2 Å². The van der Waals surface area contributed by atoms with E-state index in [-0.39, 0.29) is 5.91 Å². The molecule has 0 heterocycles.